The van der Waals surface area contributed by atoms with Gasteiger partial charge < -0.3 is 21.3 Å². The second kappa shape index (κ2) is 5.11. The molecule has 0 aliphatic heterocycles. The minimum absolute atomic E-state index is 0.104. The van der Waals surface area contributed by atoms with E-state index in [0.717, 1.165) is 0 Å². The zero-order valence-corrected chi connectivity index (χ0v) is 8.59. The molecule has 0 aliphatic carbocycles. The topological polar surface area (TPSA) is 81.1 Å². The molecule has 0 bridgehead atoms. The van der Waals surface area contributed by atoms with Crippen LogP contribution in [0.5, 0.6) is 0 Å². The van der Waals surface area contributed by atoms with Crippen molar-refractivity contribution in [3.8, 4) is 0 Å². The standard InChI is InChI=1S/C4H12N3OPS2/c5-1-9(8,2-6)3-7-4(10)11/h1-3,5-6H2,(H2,7,10,11). The van der Waals surface area contributed by atoms with E-state index in [1.165, 1.54) is 0 Å². The van der Waals surface area contributed by atoms with Crippen LogP contribution in [0, 0.1) is 0 Å². The third-order valence-corrected chi connectivity index (χ3v) is 3.55. The van der Waals surface area contributed by atoms with Gasteiger partial charge >= 0.3 is 0 Å². The third kappa shape index (κ3) is 4.76. The van der Waals surface area contributed by atoms with Crippen LogP contribution >= 0.6 is 32.0 Å². The molecule has 11 heavy (non-hydrogen) atoms. The number of hydrogen-bond donors (Lipinski definition) is 4. The summed E-state index contributed by atoms with van der Waals surface area (Å²) in [5.41, 5.74) is 10.5. The summed E-state index contributed by atoms with van der Waals surface area (Å²) in [4.78, 5) is 0. The van der Waals surface area contributed by atoms with Gasteiger partial charge in [-0.25, -0.2) is 0 Å². The van der Waals surface area contributed by atoms with Crippen molar-refractivity contribution in [3.05, 3.63) is 0 Å². The number of nitrogens with one attached hydrogen (secondary N) is 1. The van der Waals surface area contributed by atoms with Crippen molar-refractivity contribution in [1.29, 1.82) is 0 Å². The number of thiol groups is 1. The predicted octanol–water partition coefficient (Wildman–Crippen LogP) is -0.0563. The molecule has 0 radical (unpaired) electrons. The molecule has 66 valence electrons. The van der Waals surface area contributed by atoms with Gasteiger partial charge in [0.05, 0.1) is 6.29 Å². The van der Waals surface area contributed by atoms with Crippen molar-refractivity contribution in [2.45, 2.75) is 0 Å². The van der Waals surface area contributed by atoms with Crippen molar-refractivity contribution in [3.63, 3.8) is 0 Å². The Morgan fingerprint density at radius 2 is 2.00 bits per heavy atom. The van der Waals surface area contributed by atoms with Crippen molar-refractivity contribution < 1.29 is 4.57 Å². The van der Waals surface area contributed by atoms with E-state index in [9.17, 15) is 4.57 Å². The lowest BCUT2D eigenvalue weighted by atomic mass is 11.2. The van der Waals surface area contributed by atoms with Crippen LogP contribution in [0.1, 0.15) is 0 Å². The smallest absolute Gasteiger partial charge is 0.131 e. The van der Waals surface area contributed by atoms with Gasteiger partial charge in [0.15, 0.2) is 0 Å². The Morgan fingerprint density at radius 3 is 2.27 bits per heavy atom. The molecule has 0 aromatic carbocycles. The summed E-state index contributed by atoms with van der Waals surface area (Å²) < 4.78 is 11.8. The number of rotatable bonds is 4. The zero-order chi connectivity index (χ0) is 8.91. The molecule has 4 nitrogen and oxygen atoms in total. The number of nitrogens with two attached hydrogens (primary N) is 2. The van der Waals surface area contributed by atoms with Crippen molar-refractivity contribution in [2.24, 2.45) is 11.5 Å². The lowest BCUT2D eigenvalue weighted by Crippen LogP contribution is -2.23. The van der Waals surface area contributed by atoms with Crippen LogP contribution in [0.2, 0.25) is 0 Å². The first kappa shape index (κ1) is 11.4. The molecule has 0 aromatic heterocycles. The Bertz CT molecular complexity index is 178. The summed E-state index contributed by atoms with van der Waals surface area (Å²) in [7, 11) is -2.43. The Labute approximate surface area is 76.9 Å². The Hall–Kier alpha value is 0.390. The molecule has 0 aliphatic rings. The van der Waals surface area contributed by atoms with Crippen LogP contribution in [0.3, 0.4) is 0 Å². The summed E-state index contributed by atoms with van der Waals surface area (Å²) in [5.74, 6) is 0. The summed E-state index contributed by atoms with van der Waals surface area (Å²) in [5, 5.41) is 2.66. The summed E-state index contributed by atoms with van der Waals surface area (Å²) in [6.07, 6.45) is 0.447. The molecule has 0 aromatic rings. The lowest BCUT2D eigenvalue weighted by Gasteiger charge is -2.13. The maximum atomic E-state index is 11.4. The zero-order valence-electron chi connectivity index (χ0n) is 5.99. The van der Waals surface area contributed by atoms with Gasteiger partial charge in [0.1, 0.15) is 11.5 Å². The lowest BCUT2D eigenvalue weighted by molar-refractivity contribution is 0.573. The van der Waals surface area contributed by atoms with Gasteiger partial charge in [-0.3, -0.25) is 0 Å². The quantitative estimate of drug-likeness (QED) is 0.299. The highest BCUT2D eigenvalue weighted by atomic mass is 32.1. The second-order valence-corrected chi connectivity index (χ2v) is 6.38. The minimum Gasteiger partial charge on any atom is -0.364 e. The van der Waals surface area contributed by atoms with Crippen LogP contribution in [-0.4, -0.2) is 23.2 Å². The van der Waals surface area contributed by atoms with Gasteiger partial charge in [-0.05, 0) is 0 Å². The van der Waals surface area contributed by atoms with Gasteiger partial charge in [-0.1, -0.05) is 12.2 Å². The number of thiocarbonyl (C=S) groups is 1. The molecule has 0 saturated carbocycles. The van der Waals surface area contributed by atoms with Crippen molar-refractivity contribution in [1.82, 2.24) is 5.32 Å². The van der Waals surface area contributed by atoms with Crippen LogP contribution < -0.4 is 16.8 Å². The normalized spacial score (nSPS) is 11.2. The molecule has 0 amide bonds. The molecule has 0 unspecified atom stereocenters. The van der Waals surface area contributed by atoms with E-state index in [-0.39, 0.29) is 18.9 Å². The fraction of sp³-hybridized carbons (Fsp3) is 0.750. The van der Waals surface area contributed by atoms with Crippen molar-refractivity contribution in [2.75, 3.05) is 18.9 Å². The molecule has 0 heterocycles. The van der Waals surface area contributed by atoms with Gasteiger partial charge in [-0.15, -0.1) is 12.6 Å². The monoisotopic (exact) mass is 213 g/mol. The Balaban J connectivity index is 3.89. The third-order valence-electron chi connectivity index (χ3n) is 1.18. The first-order chi connectivity index (χ1) is 5.04. The highest BCUT2D eigenvalue weighted by molar-refractivity contribution is 8.11. The highest BCUT2D eigenvalue weighted by Gasteiger charge is 2.16. The first-order valence-corrected chi connectivity index (χ1v) is 6.10. The maximum absolute atomic E-state index is 11.4. The molecule has 5 N–H and O–H groups in total. The van der Waals surface area contributed by atoms with E-state index in [1.807, 2.05) is 0 Å². The van der Waals surface area contributed by atoms with Gasteiger partial charge in [0, 0.05) is 12.6 Å². The van der Waals surface area contributed by atoms with E-state index in [1.54, 1.807) is 0 Å². The largest absolute Gasteiger partial charge is 0.364 e. The average molecular weight is 213 g/mol. The van der Waals surface area contributed by atoms with E-state index in [0.29, 0.717) is 4.32 Å². The molecule has 0 fully saturated rings. The second-order valence-electron chi connectivity index (χ2n) is 2.06. The molecule has 0 rings (SSSR count). The van der Waals surface area contributed by atoms with Gasteiger partial charge in [0.2, 0.25) is 0 Å². The van der Waals surface area contributed by atoms with Crippen LogP contribution in [0.25, 0.3) is 0 Å². The molecule has 0 saturated heterocycles. The van der Waals surface area contributed by atoms with E-state index in [2.05, 4.69) is 30.2 Å². The van der Waals surface area contributed by atoms with Crippen LogP contribution in [-0.2, 0) is 4.57 Å². The SMILES string of the molecule is NCP(=O)(CN)CNC(=S)S. The Morgan fingerprint density at radius 1 is 1.55 bits per heavy atom. The maximum Gasteiger partial charge on any atom is 0.131 e. The first-order valence-electron chi connectivity index (χ1n) is 2.98. The molecule has 0 atom stereocenters. The summed E-state index contributed by atoms with van der Waals surface area (Å²) in [6.45, 7) is 0. The predicted molar refractivity (Wildman–Crippen MR) is 55.3 cm³/mol. The van der Waals surface area contributed by atoms with Crippen molar-refractivity contribution >= 4 is 36.3 Å². The van der Waals surface area contributed by atoms with Gasteiger partial charge in [-0.2, -0.15) is 0 Å². The molecular weight excluding hydrogens is 201 g/mol. The number of hydrogen-bond acceptors (Lipinski definition) is 4. The van der Waals surface area contributed by atoms with E-state index in [4.69, 9.17) is 11.5 Å². The minimum atomic E-state index is -2.43. The fourth-order valence-electron chi connectivity index (χ4n) is 0.415. The van der Waals surface area contributed by atoms with Crippen LogP contribution in [0.4, 0.5) is 0 Å². The molecular formula is C4H12N3OPS2. The Kier molecular flexibility index (Phi) is 5.29. The average Bonchev–Trinajstić information content (AvgIpc) is 2.00. The van der Waals surface area contributed by atoms with Crippen LogP contribution in [0.15, 0.2) is 0 Å². The summed E-state index contributed by atoms with van der Waals surface area (Å²) in [6, 6.07) is 0. The fourth-order valence-corrected chi connectivity index (χ4v) is 1.65. The highest BCUT2D eigenvalue weighted by Crippen LogP contribution is 2.39. The summed E-state index contributed by atoms with van der Waals surface area (Å²) >= 11 is 8.41. The van der Waals surface area contributed by atoms with Gasteiger partial charge in [0.25, 0.3) is 0 Å². The van der Waals surface area contributed by atoms with E-state index < -0.39 is 7.14 Å². The van der Waals surface area contributed by atoms with E-state index >= 15 is 0 Å². The molecule has 7 heteroatoms. The molecule has 0 spiro atoms.